The second kappa shape index (κ2) is 12.7. The van der Waals surface area contributed by atoms with Crippen molar-refractivity contribution in [1.29, 1.82) is 0 Å². The van der Waals surface area contributed by atoms with Gasteiger partial charge in [0.1, 0.15) is 17.2 Å². The first-order valence-electron chi connectivity index (χ1n) is 10.7. The van der Waals surface area contributed by atoms with Crippen LogP contribution < -0.4 is 5.32 Å². The summed E-state index contributed by atoms with van der Waals surface area (Å²) in [6.07, 6.45) is 0.600. The fraction of sp³-hybridized carbons (Fsp3) is 0.652. The van der Waals surface area contributed by atoms with Crippen molar-refractivity contribution in [3.05, 3.63) is 35.4 Å². The fourth-order valence-electron chi connectivity index (χ4n) is 3.77. The molecule has 0 radical (unpaired) electrons. The van der Waals surface area contributed by atoms with Gasteiger partial charge >= 0.3 is 6.09 Å². The molecule has 1 aromatic carbocycles. The van der Waals surface area contributed by atoms with Gasteiger partial charge in [0.05, 0.1) is 18.1 Å². The lowest BCUT2D eigenvalue weighted by Crippen LogP contribution is -2.50. The third-order valence-electron chi connectivity index (χ3n) is 5.22. The topological polar surface area (TPSA) is 88.1 Å². The molecule has 2 rings (SSSR count). The quantitative estimate of drug-likeness (QED) is 0.655. The van der Waals surface area contributed by atoms with Crippen LogP contribution in [0.15, 0.2) is 18.2 Å². The summed E-state index contributed by atoms with van der Waals surface area (Å²) in [5.74, 6) is -2.12. The number of aliphatic hydroxyl groups excluding tert-OH is 1. The molecule has 0 aromatic heterocycles. The van der Waals surface area contributed by atoms with Gasteiger partial charge in [-0.1, -0.05) is 13.0 Å². The van der Waals surface area contributed by atoms with E-state index in [9.17, 15) is 18.4 Å². The van der Waals surface area contributed by atoms with Gasteiger partial charge in [0.15, 0.2) is 0 Å². The van der Waals surface area contributed by atoms with Crippen molar-refractivity contribution >= 4 is 12.0 Å². The molecule has 182 valence electrons. The van der Waals surface area contributed by atoms with Gasteiger partial charge in [0, 0.05) is 32.9 Å². The standard InChI is InChI=1S/C22H32F2N2O4.CH4O/c1-14(20(27)25-12-11-15-16(23)8-6-9-17(15)24)19(29-5)18-10-7-13-26(18)21(28)30-22(2,3)4;1-2/h6,8-9,14,18-19H,7,10-13H2,1-5H3,(H,25,27);2H,1H3. The average Bonchev–Trinajstić information content (AvgIpc) is 3.20. The Bertz CT molecular complexity index is 734. The smallest absolute Gasteiger partial charge is 0.410 e. The Morgan fingerprint density at radius 2 is 1.84 bits per heavy atom. The molecule has 1 aliphatic rings. The van der Waals surface area contributed by atoms with Crippen LogP contribution in [0.4, 0.5) is 13.6 Å². The Morgan fingerprint density at radius 1 is 1.25 bits per heavy atom. The Kier molecular flexibility index (Phi) is 11.0. The van der Waals surface area contributed by atoms with Crippen LogP contribution in [0, 0.1) is 17.6 Å². The van der Waals surface area contributed by atoms with Gasteiger partial charge in [-0.05, 0) is 52.2 Å². The van der Waals surface area contributed by atoms with Gasteiger partial charge in [-0.15, -0.1) is 0 Å². The Balaban J connectivity index is 0.00000249. The van der Waals surface area contributed by atoms with Gasteiger partial charge in [-0.25, -0.2) is 13.6 Å². The van der Waals surface area contributed by atoms with Crippen LogP contribution in [-0.2, 0) is 20.7 Å². The van der Waals surface area contributed by atoms with Crippen LogP contribution in [0.1, 0.15) is 46.1 Å². The number of hydrogen-bond acceptors (Lipinski definition) is 5. The predicted molar refractivity (Wildman–Crippen MR) is 117 cm³/mol. The van der Waals surface area contributed by atoms with Gasteiger partial charge < -0.3 is 24.8 Å². The number of halogens is 2. The molecule has 2 N–H and O–H groups in total. The summed E-state index contributed by atoms with van der Waals surface area (Å²) in [4.78, 5) is 26.8. The number of nitrogens with one attached hydrogen (secondary N) is 1. The van der Waals surface area contributed by atoms with Crippen LogP contribution in [0.5, 0.6) is 0 Å². The summed E-state index contributed by atoms with van der Waals surface area (Å²) < 4.78 is 38.6. The molecule has 0 saturated carbocycles. The summed E-state index contributed by atoms with van der Waals surface area (Å²) in [5, 5.41) is 9.72. The molecule has 1 heterocycles. The van der Waals surface area contributed by atoms with Gasteiger partial charge in [-0.2, -0.15) is 0 Å². The van der Waals surface area contributed by atoms with E-state index in [1.54, 1.807) is 32.6 Å². The van der Waals surface area contributed by atoms with E-state index in [0.717, 1.165) is 13.5 Å². The molecule has 7 nitrogen and oxygen atoms in total. The molecule has 32 heavy (non-hydrogen) atoms. The van der Waals surface area contributed by atoms with Crippen LogP contribution >= 0.6 is 0 Å². The summed E-state index contributed by atoms with van der Waals surface area (Å²) in [6.45, 7) is 7.77. The minimum atomic E-state index is -0.633. The molecule has 1 fully saturated rings. The highest BCUT2D eigenvalue weighted by Crippen LogP contribution is 2.28. The molecule has 3 unspecified atom stereocenters. The number of methoxy groups -OCH3 is 1. The van der Waals surface area contributed by atoms with Gasteiger partial charge in [0.2, 0.25) is 5.91 Å². The third-order valence-corrected chi connectivity index (χ3v) is 5.22. The molecule has 2 amide bonds. The van der Waals surface area contributed by atoms with Crippen molar-refractivity contribution in [3.8, 4) is 0 Å². The molecule has 0 aliphatic carbocycles. The number of hydrogen-bond donors (Lipinski definition) is 2. The zero-order chi connectivity index (χ0) is 24.5. The molecular weight excluding hydrogens is 422 g/mol. The molecule has 0 bridgehead atoms. The van der Waals surface area contributed by atoms with Crippen molar-refractivity contribution in [1.82, 2.24) is 10.2 Å². The Labute approximate surface area is 189 Å². The lowest BCUT2D eigenvalue weighted by molar-refractivity contribution is -0.130. The van der Waals surface area contributed by atoms with E-state index in [0.29, 0.717) is 13.0 Å². The lowest BCUT2D eigenvalue weighted by Gasteiger charge is -2.34. The largest absolute Gasteiger partial charge is 0.444 e. The maximum atomic E-state index is 13.7. The number of amides is 2. The van der Waals surface area contributed by atoms with Crippen LogP contribution in [-0.4, -0.2) is 67.1 Å². The van der Waals surface area contributed by atoms with Crippen LogP contribution in [0.25, 0.3) is 0 Å². The van der Waals surface area contributed by atoms with E-state index in [2.05, 4.69) is 5.32 Å². The molecule has 1 saturated heterocycles. The zero-order valence-electron chi connectivity index (χ0n) is 19.8. The highest BCUT2D eigenvalue weighted by atomic mass is 19.1. The van der Waals surface area contributed by atoms with Crippen molar-refractivity contribution < 1.29 is 33.0 Å². The van der Waals surface area contributed by atoms with E-state index < -0.39 is 35.4 Å². The molecule has 9 heteroatoms. The lowest BCUT2D eigenvalue weighted by atomic mass is 9.95. The fourth-order valence-corrected chi connectivity index (χ4v) is 3.77. The van der Waals surface area contributed by atoms with E-state index in [4.69, 9.17) is 14.6 Å². The number of carbonyl (C=O) groups is 2. The number of carbonyl (C=O) groups excluding carboxylic acids is 2. The number of ether oxygens (including phenoxy) is 2. The first kappa shape index (κ1) is 27.8. The highest BCUT2D eigenvalue weighted by molar-refractivity contribution is 5.79. The highest BCUT2D eigenvalue weighted by Gasteiger charge is 2.41. The third kappa shape index (κ3) is 7.70. The van der Waals surface area contributed by atoms with E-state index >= 15 is 0 Å². The molecule has 3 atom stereocenters. The summed E-state index contributed by atoms with van der Waals surface area (Å²) in [5.41, 5.74) is -0.668. The molecule has 1 aliphatic heterocycles. The Morgan fingerprint density at radius 3 is 2.38 bits per heavy atom. The van der Waals surface area contributed by atoms with Crippen molar-refractivity contribution in [2.45, 2.75) is 64.7 Å². The first-order valence-corrected chi connectivity index (χ1v) is 10.7. The molecular formula is C23H36F2N2O5. The summed E-state index contributed by atoms with van der Waals surface area (Å²) in [6, 6.07) is 3.40. The van der Waals surface area contributed by atoms with Crippen LogP contribution in [0.3, 0.4) is 0 Å². The maximum absolute atomic E-state index is 13.7. The zero-order valence-corrected chi connectivity index (χ0v) is 19.8. The number of likely N-dealkylation sites (tertiary alicyclic amines) is 1. The normalized spacial score (nSPS) is 17.8. The number of benzene rings is 1. The summed E-state index contributed by atoms with van der Waals surface area (Å²) >= 11 is 0. The van der Waals surface area contributed by atoms with E-state index in [-0.39, 0.29) is 30.5 Å². The van der Waals surface area contributed by atoms with Gasteiger partial charge in [0.25, 0.3) is 0 Å². The second-order valence-corrected chi connectivity index (χ2v) is 8.61. The molecule has 1 aromatic rings. The number of rotatable bonds is 7. The van der Waals surface area contributed by atoms with Crippen molar-refractivity contribution in [3.63, 3.8) is 0 Å². The van der Waals surface area contributed by atoms with Crippen LogP contribution in [0.2, 0.25) is 0 Å². The van der Waals surface area contributed by atoms with E-state index in [1.807, 2.05) is 0 Å². The SMILES string of the molecule is CO.COC(C(C)C(=O)NCCc1c(F)cccc1F)C1CCCN1C(=O)OC(C)(C)C. The minimum Gasteiger partial charge on any atom is -0.444 e. The average molecular weight is 459 g/mol. The number of aliphatic hydroxyl groups is 1. The van der Waals surface area contributed by atoms with E-state index in [1.165, 1.54) is 25.3 Å². The van der Waals surface area contributed by atoms with Crippen molar-refractivity contribution in [2.24, 2.45) is 5.92 Å². The van der Waals surface area contributed by atoms with Crippen molar-refractivity contribution in [2.75, 3.05) is 27.3 Å². The predicted octanol–water partition coefficient (Wildman–Crippen LogP) is 3.28. The number of nitrogens with zero attached hydrogens (tertiary/aromatic N) is 1. The maximum Gasteiger partial charge on any atom is 0.410 e. The summed E-state index contributed by atoms with van der Waals surface area (Å²) in [7, 11) is 2.51. The molecule has 0 spiro atoms. The minimum absolute atomic E-state index is 0.0437. The Hall–Kier alpha value is -2.26. The second-order valence-electron chi connectivity index (χ2n) is 8.61. The first-order chi connectivity index (χ1) is 15.0. The van der Waals surface area contributed by atoms with Gasteiger partial charge in [-0.3, -0.25) is 4.79 Å². The monoisotopic (exact) mass is 458 g/mol.